The Morgan fingerprint density at radius 2 is 1.35 bits per heavy atom. The molecule has 8 nitrogen and oxygen atoms in total. The first-order valence-electron chi connectivity index (χ1n) is 4.91. The van der Waals surface area contributed by atoms with Crippen molar-refractivity contribution >= 4 is 18.4 Å². The third kappa shape index (κ3) is 5.49. The fourth-order valence-electron chi connectivity index (χ4n) is 0.902. The monoisotopic (exact) mass is 430 g/mol. The van der Waals surface area contributed by atoms with Crippen molar-refractivity contribution in [3.63, 3.8) is 0 Å². The van der Waals surface area contributed by atoms with Crippen LogP contribution in [0.25, 0.3) is 0 Å². The Balaban J connectivity index is 4.79. The van der Waals surface area contributed by atoms with Crippen molar-refractivity contribution in [2.45, 2.75) is 13.8 Å². The van der Waals surface area contributed by atoms with Gasteiger partial charge in [-0.2, -0.15) is 0 Å². The van der Waals surface area contributed by atoms with Gasteiger partial charge in [-0.25, -0.2) is 0 Å². The first kappa shape index (κ1) is 15.6. The van der Waals surface area contributed by atoms with Crippen molar-refractivity contribution in [2.75, 3.05) is 13.2 Å². The molecule has 0 fully saturated rings. The standard InChI is InChI=1S/2C4H6N2O2.Hg/c2*1-2-8-4(7)3-6-5;/h2*5H,2H2,1H3;/q2*+1;. The summed E-state index contributed by atoms with van der Waals surface area (Å²) in [5.41, 5.74) is 13.7. The van der Waals surface area contributed by atoms with E-state index in [1.807, 2.05) is 0 Å². The van der Waals surface area contributed by atoms with E-state index in [4.69, 9.17) is 11.1 Å². The molecule has 0 aromatic rings. The molecule has 2 N–H and O–H groups in total. The van der Waals surface area contributed by atoms with Crippen molar-refractivity contribution < 1.29 is 53.2 Å². The molecule has 0 saturated carbocycles. The first-order chi connectivity index (χ1) is 8.10. The van der Waals surface area contributed by atoms with Gasteiger partial charge in [-0.15, -0.1) is 0 Å². The van der Waals surface area contributed by atoms with E-state index in [1.54, 1.807) is 13.8 Å². The molecule has 0 unspecified atom stereocenters. The molecule has 0 saturated heterocycles. The van der Waals surface area contributed by atoms with E-state index in [2.05, 4.69) is 19.1 Å². The number of nitrogens with one attached hydrogen (secondary N) is 2. The van der Waals surface area contributed by atoms with Crippen molar-refractivity contribution in [1.82, 2.24) is 0 Å². The fraction of sp³-hybridized carbons (Fsp3) is 0.500. The van der Waals surface area contributed by atoms with E-state index >= 15 is 0 Å². The summed E-state index contributed by atoms with van der Waals surface area (Å²) >= 11 is -2.54. The zero-order chi connectivity index (χ0) is 13.3. The minimum absolute atomic E-state index is 0.0779. The van der Waals surface area contributed by atoms with Gasteiger partial charge in [-0.05, 0) is 0 Å². The molecule has 88 valence electrons. The summed E-state index contributed by atoms with van der Waals surface area (Å²) in [5.74, 6) is -1.43. The summed E-state index contributed by atoms with van der Waals surface area (Å²) < 4.78 is 9.20. The second kappa shape index (κ2) is 8.75. The van der Waals surface area contributed by atoms with Crippen LogP contribution in [-0.2, 0) is 43.6 Å². The van der Waals surface area contributed by atoms with Crippen LogP contribution in [0.5, 0.6) is 0 Å². The average molecular weight is 429 g/mol. The van der Waals surface area contributed by atoms with E-state index in [0.29, 0.717) is 0 Å². The number of ether oxygens (including phenoxy) is 2. The predicted molar refractivity (Wildman–Crippen MR) is 49.2 cm³/mol. The van der Waals surface area contributed by atoms with Crippen molar-refractivity contribution in [2.24, 2.45) is 0 Å². The molecular weight excluding hydrogens is 417 g/mol. The molecular formula is C8H12HgN4O4+2. The maximum atomic E-state index is 11.3. The predicted octanol–water partition coefficient (Wildman–Crippen LogP) is -0.530. The molecule has 0 spiro atoms. The van der Waals surface area contributed by atoms with Crippen LogP contribution in [0.3, 0.4) is 0 Å². The number of hydrogen-bond donors (Lipinski definition) is 2. The van der Waals surface area contributed by atoms with Gasteiger partial charge in [0.1, 0.15) is 0 Å². The van der Waals surface area contributed by atoms with Gasteiger partial charge < -0.3 is 0 Å². The van der Waals surface area contributed by atoms with Crippen LogP contribution in [0, 0.1) is 11.1 Å². The Bertz CT molecular complexity index is 372. The van der Waals surface area contributed by atoms with Gasteiger partial charge in [0.15, 0.2) is 0 Å². The number of rotatable bonds is 6. The van der Waals surface area contributed by atoms with Gasteiger partial charge in [0.25, 0.3) is 0 Å². The summed E-state index contributed by atoms with van der Waals surface area (Å²) in [4.78, 5) is 28.8. The third-order valence-electron chi connectivity index (χ3n) is 1.63. The number of carbonyl (C=O) groups is 2. The number of nitrogens with zero attached hydrogens (tertiary/aromatic N) is 2. The Hall–Kier alpha value is -1.36. The molecule has 0 aliphatic heterocycles. The molecule has 0 bridgehead atoms. The molecule has 0 radical (unpaired) electrons. The second-order valence-electron chi connectivity index (χ2n) is 2.73. The van der Waals surface area contributed by atoms with Crippen LogP contribution < -0.4 is 0 Å². The van der Waals surface area contributed by atoms with E-state index in [9.17, 15) is 9.59 Å². The van der Waals surface area contributed by atoms with Crippen LogP contribution in [0.1, 0.15) is 13.8 Å². The van der Waals surface area contributed by atoms with Crippen LogP contribution in [0.2, 0.25) is 0 Å². The van der Waals surface area contributed by atoms with Gasteiger partial charge in [0.05, 0.1) is 0 Å². The zero-order valence-corrected chi connectivity index (χ0v) is 15.1. The van der Waals surface area contributed by atoms with Gasteiger partial charge in [-0.1, -0.05) is 0 Å². The summed E-state index contributed by atoms with van der Waals surface area (Å²) in [6.07, 6.45) is 0. The molecule has 0 aliphatic rings. The Morgan fingerprint density at radius 3 is 1.59 bits per heavy atom. The molecule has 0 amide bonds. The number of hydrogen-bond acceptors (Lipinski definition) is 6. The topological polar surface area (TPSA) is 128 Å². The van der Waals surface area contributed by atoms with Crippen LogP contribution in [-0.4, -0.2) is 41.2 Å². The Labute approximate surface area is 110 Å². The SMILES string of the molecule is CCOC(=O)[C](=[N+]=N)[Hg][C](=[N+]=N)C(=O)OCC. The van der Waals surface area contributed by atoms with Gasteiger partial charge >= 0.3 is 110 Å². The summed E-state index contributed by atoms with van der Waals surface area (Å²) in [5, 5.41) is 0. The number of carbonyl (C=O) groups excluding carboxylic acids is 2. The number of esters is 2. The summed E-state index contributed by atoms with van der Waals surface area (Å²) in [6.45, 7) is 3.58. The third-order valence-corrected chi connectivity index (χ3v) is 7.70. The van der Waals surface area contributed by atoms with Crippen molar-refractivity contribution in [3.8, 4) is 0 Å². The van der Waals surface area contributed by atoms with Crippen molar-refractivity contribution in [1.29, 1.82) is 11.1 Å². The zero-order valence-electron chi connectivity index (χ0n) is 9.65. The van der Waals surface area contributed by atoms with Gasteiger partial charge in [-0.3, -0.25) is 0 Å². The van der Waals surface area contributed by atoms with Crippen molar-refractivity contribution in [3.05, 3.63) is 0 Å². The molecule has 0 atom stereocenters. The molecule has 0 heterocycles. The Kier molecular flexibility index (Phi) is 8.05. The van der Waals surface area contributed by atoms with E-state index in [0.717, 1.165) is 0 Å². The van der Waals surface area contributed by atoms with Crippen LogP contribution in [0.4, 0.5) is 0 Å². The maximum absolute atomic E-state index is 11.3. The quantitative estimate of drug-likeness (QED) is 0.194. The molecule has 0 rings (SSSR count). The molecule has 9 heteroatoms. The van der Waals surface area contributed by atoms with E-state index in [1.165, 1.54) is 0 Å². The first-order valence-corrected chi connectivity index (χ1v) is 10.4. The average Bonchev–Trinajstić information content (AvgIpc) is 2.31. The normalized spacial score (nSPS) is 8.12. The van der Waals surface area contributed by atoms with Gasteiger partial charge in [0, 0.05) is 0 Å². The van der Waals surface area contributed by atoms with E-state index < -0.39 is 36.5 Å². The van der Waals surface area contributed by atoms with Gasteiger partial charge in [0.2, 0.25) is 0 Å². The molecule has 0 aromatic heterocycles. The Morgan fingerprint density at radius 1 is 1.00 bits per heavy atom. The minimum atomic E-state index is -2.54. The molecule has 0 aliphatic carbocycles. The molecule has 0 aromatic carbocycles. The van der Waals surface area contributed by atoms with E-state index in [-0.39, 0.29) is 19.7 Å². The summed E-state index contributed by atoms with van der Waals surface area (Å²) in [7, 11) is 0. The second-order valence-corrected chi connectivity index (χ2v) is 9.32. The summed E-state index contributed by atoms with van der Waals surface area (Å²) in [6, 6.07) is 0. The fourth-order valence-corrected chi connectivity index (χ4v) is 4.67. The van der Waals surface area contributed by atoms with Crippen LogP contribution in [0.15, 0.2) is 0 Å². The van der Waals surface area contributed by atoms with Crippen LogP contribution >= 0.6 is 0 Å². The molecule has 17 heavy (non-hydrogen) atoms.